The van der Waals surface area contributed by atoms with Crippen LogP contribution in [0.3, 0.4) is 0 Å². The van der Waals surface area contributed by atoms with Gasteiger partial charge in [0.15, 0.2) is 0 Å². The van der Waals surface area contributed by atoms with Gasteiger partial charge in [-0.25, -0.2) is 0 Å². The van der Waals surface area contributed by atoms with Crippen molar-refractivity contribution in [3.05, 3.63) is 34.9 Å². The molecule has 0 spiro atoms. The molecule has 0 radical (unpaired) electrons. The lowest BCUT2D eigenvalue weighted by molar-refractivity contribution is -0.136. The Morgan fingerprint density at radius 1 is 1.11 bits per heavy atom. The molecular weight excluding hydrogens is 376 g/mol. The average Bonchev–Trinajstić information content (AvgIpc) is 2.91. The van der Waals surface area contributed by atoms with Gasteiger partial charge in [-0.3, -0.25) is 24.6 Å². The Morgan fingerprint density at radius 2 is 1.93 bits per heavy atom. The Labute approximate surface area is 168 Å². The van der Waals surface area contributed by atoms with E-state index in [2.05, 4.69) is 33.4 Å². The molecule has 4 heterocycles. The van der Waals surface area contributed by atoms with Gasteiger partial charge in [0.2, 0.25) is 11.8 Å². The molecule has 1 atom stereocenters. The van der Waals surface area contributed by atoms with Gasteiger partial charge >= 0.3 is 0 Å². The molecule has 148 valence electrons. The molecule has 8 heteroatoms. The van der Waals surface area contributed by atoms with Crippen LogP contribution in [0.4, 0.5) is 0 Å². The number of carbonyl (C=O) groups is 3. The highest BCUT2D eigenvalue weighted by Crippen LogP contribution is 2.31. The van der Waals surface area contributed by atoms with Crippen molar-refractivity contribution in [2.24, 2.45) is 0 Å². The second kappa shape index (κ2) is 7.17. The van der Waals surface area contributed by atoms with Gasteiger partial charge in [0, 0.05) is 61.8 Å². The molecule has 0 aliphatic carbocycles. The maximum Gasteiger partial charge on any atom is 0.255 e. The van der Waals surface area contributed by atoms with E-state index >= 15 is 0 Å². The number of nitrogens with zero attached hydrogens (tertiary/aromatic N) is 2. The standard InChI is InChI=1S/C20H24N4O3S/c25-18-4-3-17(19(26)22-18)24-9-13-2-1-12(5-16(13)20(24)27)8-23-10-15(11-23)28-14-6-21-7-14/h1-2,5,14-15,17,21H,3-4,6-11H2,(H,22,25,26). The number of benzene rings is 1. The van der Waals surface area contributed by atoms with Gasteiger partial charge < -0.3 is 10.2 Å². The Kier molecular flexibility index (Phi) is 4.65. The zero-order chi connectivity index (χ0) is 19.3. The number of piperidine rings is 1. The van der Waals surface area contributed by atoms with Crippen molar-refractivity contribution >= 4 is 29.5 Å². The molecule has 3 fully saturated rings. The molecule has 1 aromatic carbocycles. The van der Waals surface area contributed by atoms with Crippen molar-refractivity contribution in [1.29, 1.82) is 0 Å². The molecule has 1 aromatic rings. The minimum Gasteiger partial charge on any atom is -0.322 e. The maximum atomic E-state index is 12.9. The number of hydrogen-bond acceptors (Lipinski definition) is 6. The van der Waals surface area contributed by atoms with E-state index in [4.69, 9.17) is 0 Å². The minimum absolute atomic E-state index is 0.0964. The first kappa shape index (κ1) is 18.1. The van der Waals surface area contributed by atoms with Crippen molar-refractivity contribution in [2.75, 3.05) is 26.2 Å². The summed E-state index contributed by atoms with van der Waals surface area (Å²) in [5.41, 5.74) is 2.81. The van der Waals surface area contributed by atoms with Crippen LogP contribution in [0.5, 0.6) is 0 Å². The third-order valence-corrected chi connectivity index (χ3v) is 7.45. The molecule has 3 saturated heterocycles. The van der Waals surface area contributed by atoms with Crippen molar-refractivity contribution < 1.29 is 14.4 Å². The van der Waals surface area contributed by atoms with E-state index in [1.165, 1.54) is 0 Å². The molecule has 3 amide bonds. The summed E-state index contributed by atoms with van der Waals surface area (Å²) in [5, 5.41) is 7.17. The molecule has 4 aliphatic heterocycles. The number of nitrogens with one attached hydrogen (secondary N) is 2. The highest BCUT2D eigenvalue weighted by molar-refractivity contribution is 8.00. The van der Waals surface area contributed by atoms with Gasteiger partial charge in [0.25, 0.3) is 5.91 Å². The summed E-state index contributed by atoms with van der Waals surface area (Å²) in [4.78, 5) is 40.4. The predicted octanol–water partition coefficient (Wildman–Crippen LogP) is 0.337. The molecule has 5 rings (SSSR count). The molecule has 0 bridgehead atoms. The van der Waals surface area contributed by atoms with Gasteiger partial charge in [0.05, 0.1) is 0 Å². The molecule has 4 aliphatic rings. The van der Waals surface area contributed by atoms with Crippen molar-refractivity contribution in [2.45, 2.75) is 42.5 Å². The highest BCUT2D eigenvalue weighted by Gasteiger charge is 2.39. The SMILES string of the molecule is O=C1CCC(N2Cc3ccc(CN4CC(SC5CNC5)C4)cc3C2=O)C(=O)N1. The lowest BCUT2D eigenvalue weighted by Crippen LogP contribution is -2.53. The van der Waals surface area contributed by atoms with Gasteiger partial charge in [-0.15, -0.1) is 11.8 Å². The first-order valence-corrected chi connectivity index (χ1v) is 10.9. The van der Waals surface area contributed by atoms with Crippen LogP contribution in [0.1, 0.15) is 34.3 Å². The normalized spacial score (nSPS) is 26.1. The Hall–Kier alpha value is -1.90. The average molecular weight is 401 g/mol. The largest absolute Gasteiger partial charge is 0.322 e. The molecule has 0 aromatic heterocycles. The van der Waals surface area contributed by atoms with Crippen LogP contribution in [0.15, 0.2) is 18.2 Å². The van der Waals surface area contributed by atoms with Crippen molar-refractivity contribution in [3.8, 4) is 0 Å². The molecule has 7 nitrogen and oxygen atoms in total. The fourth-order valence-corrected chi connectivity index (χ4v) is 5.89. The number of imide groups is 1. The van der Waals surface area contributed by atoms with Crippen LogP contribution in [0.2, 0.25) is 0 Å². The first-order valence-electron chi connectivity index (χ1n) is 9.92. The number of rotatable bonds is 5. The van der Waals surface area contributed by atoms with Gasteiger partial charge in [-0.1, -0.05) is 12.1 Å². The zero-order valence-corrected chi connectivity index (χ0v) is 16.5. The molecule has 28 heavy (non-hydrogen) atoms. The van der Waals surface area contributed by atoms with Crippen LogP contribution in [0, 0.1) is 0 Å². The topological polar surface area (TPSA) is 81.8 Å². The number of thioether (sulfide) groups is 1. The third-order valence-electron chi connectivity index (χ3n) is 6.05. The number of likely N-dealkylation sites (tertiary alicyclic amines) is 1. The van der Waals surface area contributed by atoms with Gasteiger partial charge in [-0.2, -0.15) is 0 Å². The van der Waals surface area contributed by atoms with E-state index in [9.17, 15) is 14.4 Å². The molecule has 2 N–H and O–H groups in total. The van der Waals surface area contributed by atoms with E-state index in [0.717, 1.165) is 54.4 Å². The van der Waals surface area contributed by atoms with Crippen molar-refractivity contribution in [3.63, 3.8) is 0 Å². The lowest BCUT2D eigenvalue weighted by atomic mass is 10.0. The summed E-state index contributed by atoms with van der Waals surface area (Å²) in [6.07, 6.45) is 0.688. The summed E-state index contributed by atoms with van der Waals surface area (Å²) in [7, 11) is 0. The van der Waals surface area contributed by atoms with Crippen molar-refractivity contribution in [1.82, 2.24) is 20.4 Å². The fraction of sp³-hybridized carbons (Fsp3) is 0.550. The minimum atomic E-state index is -0.546. The summed E-state index contributed by atoms with van der Waals surface area (Å²) in [6.45, 7) is 5.79. The van der Waals surface area contributed by atoms with Crippen LogP contribution in [0.25, 0.3) is 0 Å². The Balaban J connectivity index is 1.20. The van der Waals surface area contributed by atoms with Crippen LogP contribution in [-0.2, 0) is 22.7 Å². The quantitative estimate of drug-likeness (QED) is 0.694. The van der Waals surface area contributed by atoms with Gasteiger partial charge in [0.1, 0.15) is 6.04 Å². The Bertz CT molecular complexity index is 835. The van der Waals surface area contributed by atoms with Crippen LogP contribution in [-0.4, -0.2) is 70.2 Å². The fourth-order valence-electron chi connectivity index (χ4n) is 4.33. The lowest BCUT2D eigenvalue weighted by Gasteiger charge is -2.42. The zero-order valence-electron chi connectivity index (χ0n) is 15.6. The maximum absolute atomic E-state index is 12.9. The van der Waals surface area contributed by atoms with Crippen LogP contribution < -0.4 is 10.6 Å². The Morgan fingerprint density at radius 3 is 2.64 bits per heavy atom. The van der Waals surface area contributed by atoms with Gasteiger partial charge in [-0.05, 0) is 23.6 Å². The second-order valence-corrected chi connectivity index (χ2v) is 9.73. The monoisotopic (exact) mass is 400 g/mol. The summed E-state index contributed by atoms with van der Waals surface area (Å²) < 4.78 is 0. The highest BCUT2D eigenvalue weighted by atomic mass is 32.2. The smallest absolute Gasteiger partial charge is 0.255 e. The summed E-state index contributed by atoms with van der Waals surface area (Å²) >= 11 is 2.10. The number of carbonyl (C=O) groups excluding carboxylic acids is 3. The third kappa shape index (κ3) is 3.33. The predicted molar refractivity (Wildman–Crippen MR) is 106 cm³/mol. The van der Waals surface area contributed by atoms with E-state index in [1.54, 1.807) is 4.90 Å². The van der Waals surface area contributed by atoms with E-state index in [1.807, 2.05) is 12.1 Å². The second-order valence-electron chi connectivity index (χ2n) is 8.12. The summed E-state index contributed by atoms with van der Waals surface area (Å²) in [6, 6.07) is 5.55. The molecule has 0 saturated carbocycles. The van der Waals surface area contributed by atoms with Crippen LogP contribution >= 0.6 is 11.8 Å². The van der Waals surface area contributed by atoms with E-state index in [-0.39, 0.29) is 24.1 Å². The number of hydrogen-bond donors (Lipinski definition) is 2. The molecule has 1 unspecified atom stereocenters. The van der Waals surface area contributed by atoms with E-state index in [0.29, 0.717) is 18.5 Å². The van der Waals surface area contributed by atoms with E-state index < -0.39 is 6.04 Å². The first-order chi connectivity index (χ1) is 13.6. The number of fused-ring (bicyclic) bond motifs is 1. The number of amides is 3. The molecular formula is C20H24N4O3S. The summed E-state index contributed by atoms with van der Waals surface area (Å²) in [5.74, 6) is -0.712.